The van der Waals surface area contributed by atoms with E-state index in [1.165, 1.54) is 0 Å². The maximum Gasteiger partial charge on any atom is 0.230 e. The normalized spacial score (nSPS) is 29.0. The fraction of sp³-hybridized carbons (Fsp3) is 0.542. The smallest absolute Gasteiger partial charge is 0.230 e. The van der Waals surface area contributed by atoms with Crippen molar-refractivity contribution in [3.8, 4) is 11.1 Å². The predicted octanol–water partition coefficient (Wildman–Crippen LogP) is 3.92. The van der Waals surface area contributed by atoms with Gasteiger partial charge in [-0.05, 0) is 57.1 Å². The van der Waals surface area contributed by atoms with Gasteiger partial charge in [-0.15, -0.1) is 0 Å². The summed E-state index contributed by atoms with van der Waals surface area (Å²) in [5, 5.41) is 10.4. The van der Waals surface area contributed by atoms with Crippen LogP contribution in [0.25, 0.3) is 11.1 Å². The standard InChI is InChI=1S/C24H29ClN4O2/c25-21-13-18(17-3-1-10-26-14-17)15-27-22(21)28-11-2-8-24(16-28)9-12-29(23(24)31)19-4-6-20(30)7-5-19/h1,3,10,13-15,19-20,30H,2,4-9,11-12,16H2/t19?,20?,24-/m1/s1. The highest BCUT2D eigenvalue weighted by atomic mass is 35.5. The summed E-state index contributed by atoms with van der Waals surface area (Å²) >= 11 is 6.66. The molecule has 3 fully saturated rings. The van der Waals surface area contributed by atoms with Gasteiger partial charge in [0, 0.05) is 55.4 Å². The second kappa shape index (κ2) is 8.40. The molecule has 7 heteroatoms. The summed E-state index contributed by atoms with van der Waals surface area (Å²) in [7, 11) is 0. The predicted molar refractivity (Wildman–Crippen MR) is 121 cm³/mol. The average Bonchev–Trinajstić information content (AvgIpc) is 3.10. The van der Waals surface area contributed by atoms with Crippen LogP contribution in [0, 0.1) is 5.41 Å². The van der Waals surface area contributed by atoms with Crippen LogP contribution in [0.3, 0.4) is 0 Å². The molecule has 0 radical (unpaired) electrons. The number of carbonyl (C=O) groups excluding carboxylic acids is 1. The monoisotopic (exact) mass is 440 g/mol. The number of hydrogen-bond acceptors (Lipinski definition) is 5. The van der Waals surface area contributed by atoms with Gasteiger partial charge in [0.25, 0.3) is 0 Å². The first-order valence-corrected chi connectivity index (χ1v) is 11.7. The summed E-state index contributed by atoms with van der Waals surface area (Å²) in [5.41, 5.74) is 1.59. The van der Waals surface area contributed by atoms with Gasteiger partial charge in [-0.2, -0.15) is 0 Å². The van der Waals surface area contributed by atoms with Crippen molar-refractivity contribution in [1.82, 2.24) is 14.9 Å². The van der Waals surface area contributed by atoms with Crippen LogP contribution in [0.15, 0.2) is 36.8 Å². The van der Waals surface area contributed by atoms with Gasteiger partial charge in [-0.1, -0.05) is 17.7 Å². The number of pyridine rings is 2. The first-order valence-electron chi connectivity index (χ1n) is 11.4. The van der Waals surface area contributed by atoms with E-state index >= 15 is 0 Å². The lowest BCUT2D eigenvalue weighted by Crippen LogP contribution is -2.50. The van der Waals surface area contributed by atoms with E-state index in [0.717, 1.165) is 75.0 Å². The summed E-state index contributed by atoms with van der Waals surface area (Å²) in [5.74, 6) is 1.06. The van der Waals surface area contributed by atoms with Crippen LogP contribution in [0.1, 0.15) is 44.9 Å². The van der Waals surface area contributed by atoms with Crippen LogP contribution in [-0.4, -0.2) is 57.7 Å². The second-order valence-corrected chi connectivity index (χ2v) is 9.69. The first kappa shape index (κ1) is 20.7. The van der Waals surface area contributed by atoms with Gasteiger partial charge in [0.1, 0.15) is 5.82 Å². The van der Waals surface area contributed by atoms with E-state index < -0.39 is 0 Å². The molecule has 2 aromatic rings. The van der Waals surface area contributed by atoms with Gasteiger partial charge in [0.2, 0.25) is 5.91 Å². The lowest BCUT2D eigenvalue weighted by molar-refractivity contribution is -0.139. The zero-order valence-electron chi connectivity index (χ0n) is 17.7. The van der Waals surface area contributed by atoms with Crippen molar-refractivity contribution in [3.05, 3.63) is 41.8 Å². The number of anilines is 1. The Kier molecular flexibility index (Phi) is 5.61. The molecule has 2 aromatic heterocycles. The third-order valence-corrected chi connectivity index (χ3v) is 7.62. The second-order valence-electron chi connectivity index (χ2n) is 9.29. The van der Waals surface area contributed by atoms with Crippen molar-refractivity contribution in [3.63, 3.8) is 0 Å². The number of hydrogen-bond donors (Lipinski definition) is 1. The molecule has 2 aliphatic heterocycles. The Labute approximate surface area is 188 Å². The molecule has 4 heterocycles. The molecule has 6 nitrogen and oxygen atoms in total. The van der Waals surface area contributed by atoms with Gasteiger partial charge in [0.05, 0.1) is 16.5 Å². The number of aliphatic hydroxyl groups is 1. The Hall–Kier alpha value is -2.18. The highest BCUT2D eigenvalue weighted by molar-refractivity contribution is 6.33. The van der Waals surface area contributed by atoms with Gasteiger partial charge in [0.15, 0.2) is 0 Å². The number of aliphatic hydroxyl groups excluding tert-OH is 1. The van der Waals surface area contributed by atoms with Gasteiger partial charge in [-0.25, -0.2) is 4.98 Å². The zero-order valence-corrected chi connectivity index (χ0v) is 18.5. The minimum atomic E-state index is -0.332. The number of rotatable bonds is 3. The molecule has 164 valence electrons. The van der Waals surface area contributed by atoms with Crippen LogP contribution in [0.5, 0.6) is 0 Å². The molecule has 1 N–H and O–H groups in total. The Morgan fingerprint density at radius 2 is 1.94 bits per heavy atom. The number of likely N-dealkylation sites (tertiary alicyclic amines) is 1. The quantitative estimate of drug-likeness (QED) is 0.783. The molecule has 1 aliphatic carbocycles. The minimum Gasteiger partial charge on any atom is -0.393 e. The topological polar surface area (TPSA) is 69.6 Å². The first-order chi connectivity index (χ1) is 15.1. The van der Waals surface area contributed by atoms with E-state index in [0.29, 0.717) is 17.5 Å². The maximum atomic E-state index is 13.5. The van der Waals surface area contributed by atoms with Crippen LogP contribution < -0.4 is 4.90 Å². The lowest BCUT2D eigenvalue weighted by atomic mass is 9.78. The number of nitrogens with zero attached hydrogens (tertiary/aromatic N) is 4. The summed E-state index contributed by atoms with van der Waals surface area (Å²) in [4.78, 5) is 26.7. The van der Waals surface area contributed by atoms with E-state index in [2.05, 4.69) is 19.8 Å². The molecular formula is C24H29ClN4O2. The molecule has 1 spiro atoms. The Morgan fingerprint density at radius 1 is 1.10 bits per heavy atom. The fourth-order valence-corrected chi connectivity index (χ4v) is 5.90. The summed E-state index contributed by atoms with van der Waals surface area (Å²) in [6.45, 7) is 2.37. The van der Waals surface area contributed by atoms with Gasteiger partial charge >= 0.3 is 0 Å². The number of halogens is 1. The zero-order chi connectivity index (χ0) is 21.4. The Bertz CT molecular complexity index is 948. The molecule has 31 heavy (non-hydrogen) atoms. The SMILES string of the molecule is O=C1N(C2CCC(O)CC2)CC[C@@]12CCCN(c1ncc(-c3cccnc3)cc1Cl)C2. The average molecular weight is 441 g/mol. The molecular weight excluding hydrogens is 412 g/mol. The Balaban J connectivity index is 1.33. The van der Waals surface area contributed by atoms with Crippen LogP contribution in [-0.2, 0) is 4.79 Å². The summed E-state index contributed by atoms with van der Waals surface area (Å²) in [6, 6.07) is 6.12. The van der Waals surface area contributed by atoms with Crippen molar-refractivity contribution >= 4 is 23.3 Å². The molecule has 5 rings (SSSR count). The lowest BCUT2D eigenvalue weighted by Gasteiger charge is -2.41. The molecule has 1 saturated carbocycles. The Morgan fingerprint density at radius 3 is 2.68 bits per heavy atom. The highest BCUT2D eigenvalue weighted by Crippen LogP contribution is 2.44. The fourth-order valence-electron chi connectivity index (χ4n) is 5.61. The van der Waals surface area contributed by atoms with Gasteiger partial charge < -0.3 is 14.9 Å². The number of carbonyl (C=O) groups is 1. The minimum absolute atomic E-state index is 0.198. The van der Waals surface area contributed by atoms with Crippen molar-refractivity contribution in [2.45, 2.75) is 57.1 Å². The highest BCUT2D eigenvalue weighted by Gasteiger charge is 2.51. The molecule has 2 saturated heterocycles. The van der Waals surface area contributed by atoms with E-state index in [9.17, 15) is 9.90 Å². The molecule has 0 bridgehead atoms. The van der Waals surface area contributed by atoms with E-state index in [4.69, 9.17) is 11.6 Å². The van der Waals surface area contributed by atoms with Crippen molar-refractivity contribution in [2.24, 2.45) is 5.41 Å². The summed E-state index contributed by atoms with van der Waals surface area (Å²) < 4.78 is 0. The third kappa shape index (κ3) is 3.92. The maximum absolute atomic E-state index is 13.5. The van der Waals surface area contributed by atoms with Crippen molar-refractivity contribution < 1.29 is 9.90 Å². The number of amides is 1. The molecule has 3 aliphatic rings. The number of aromatic nitrogens is 2. The third-order valence-electron chi connectivity index (χ3n) is 7.35. The van der Waals surface area contributed by atoms with E-state index in [-0.39, 0.29) is 17.6 Å². The van der Waals surface area contributed by atoms with Crippen molar-refractivity contribution in [1.29, 1.82) is 0 Å². The van der Waals surface area contributed by atoms with E-state index in [1.807, 2.05) is 24.4 Å². The van der Waals surface area contributed by atoms with Gasteiger partial charge in [-0.3, -0.25) is 9.78 Å². The molecule has 1 atom stereocenters. The number of piperidine rings is 1. The summed E-state index contributed by atoms with van der Waals surface area (Å²) in [6.07, 6.45) is 11.4. The molecule has 0 unspecified atom stereocenters. The van der Waals surface area contributed by atoms with E-state index in [1.54, 1.807) is 12.4 Å². The van der Waals surface area contributed by atoms with Crippen LogP contribution in [0.2, 0.25) is 5.02 Å². The van der Waals surface area contributed by atoms with Crippen LogP contribution in [0.4, 0.5) is 5.82 Å². The molecule has 0 aromatic carbocycles. The largest absolute Gasteiger partial charge is 0.393 e. The van der Waals surface area contributed by atoms with Crippen LogP contribution >= 0.6 is 11.6 Å². The molecule has 1 amide bonds. The van der Waals surface area contributed by atoms with Crippen molar-refractivity contribution in [2.75, 3.05) is 24.5 Å².